The van der Waals surface area contributed by atoms with Crippen LogP contribution in [0, 0.1) is 0 Å². The van der Waals surface area contributed by atoms with E-state index in [1.165, 1.54) is 24.6 Å². The second-order valence-corrected chi connectivity index (χ2v) is 2.54. The number of phenols is 2. The van der Waals surface area contributed by atoms with E-state index < -0.39 is 0 Å². The van der Waals surface area contributed by atoms with Crippen molar-refractivity contribution in [3.05, 3.63) is 30.7 Å². The molecule has 1 aromatic heterocycles. The SMILES string of the molecule is Oc1ccc(-c2ncco2)cc1O. The lowest BCUT2D eigenvalue weighted by Gasteiger charge is -1.98. The Hall–Kier alpha value is -1.97. The molecule has 0 bridgehead atoms. The number of hydrogen-bond donors (Lipinski definition) is 2. The highest BCUT2D eigenvalue weighted by Gasteiger charge is 2.05. The minimum absolute atomic E-state index is 0.157. The molecule has 0 amide bonds. The number of aromatic hydroxyl groups is 2. The third kappa shape index (κ3) is 1.33. The number of oxazole rings is 1. The maximum atomic E-state index is 9.18. The maximum absolute atomic E-state index is 9.18. The quantitative estimate of drug-likeness (QED) is 0.651. The summed E-state index contributed by atoms with van der Waals surface area (Å²) in [4.78, 5) is 3.90. The van der Waals surface area contributed by atoms with E-state index in [9.17, 15) is 5.11 Å². The van der Waals surface area contributed by atoms with Gasteiger partial charge in [0, 0.05) is 5.56 Å². The number of aromatic nitrogens is 1. The molecule has 13 heavy (non-hydrogen) atoms. The van der Waals surface area contributed by atoms with Crippen molar-refractivity contribution in [3.63, 3.8) is 0 Å². The summed E-state index contributed by atoms with van der Waals surface area (Å²) in [6.45, 7) is 0. The van der Waals surface area contributed by atoms with Gasteiger partial charge in [-0.05, 0) is 18.2 Å². The number of benzene rings is 1. The van der Waals surface area contributed by atoms with Crippen LogP contribution in [0.4, 0.5) is 0 Å². The Kier molecular flexibility index (Phi) is 1.66. The minimum Gasteiger partial charge on any atom is -0.504 e. The van der Waals surface area contributed by atoms with Gasteiger partial charge in [0.05, 0.1) is 6.20 Å². The summed E-state index contributed by atoms with van der Waals surface area (Å²) in [6, 6.07) is 4.39. The molecule has 0 saturated carbocycles. The minimum atomic E-state index is -0.185. The van der Waals surface area contributed by atoms with E-state index in [-0.39, 0.29) is 11.5 Å². The summed E-state index contributed by atoms with van der Waals surface area (Å²) in [5, 5.41) is 18.2. The Morgan fingerprint density at radius 3 is 2.62 bits per heavy atom. The normalized spacial score (nSPS) is 10.2. The summed E-state index contributed by atoms with van der Waals surface area (Å²) in [5.41, 5.74) is 0.625. The van der Waals surface area contributed by atoms with Crippen molar-refractivity contribution in [2.75, 3.05) is 0 Å². The molecular formula is C9H7NO3. The predicted molar refractivity (Wildman–Crippen MR) is 45.3 cm³/mol. The van der Waals surface area contributed by atoms with E-state index in [2.05, 4.69) is 4.98 Å². The van der Waals surface area contributed by atoms with Crippen LogP contribution < -0.4 is 0 Å². The predicted octanol–water partition coefficient (Wildman–Crippen LogP) is 1.75. The summed E-state index contributed by atoms with van der Waals surface area (Å²) in [6.07, 6.45) is 2.96. The van der Waals surface area contributed by atoms with Gasteiger partial charge in [0.2, 0.25) is 5.89 Å². The summed E-state index contributed by atoms with van der Waals surface area (Å²) in [5.74, 6) is 0.0707. The fourth-order valence-corrected chi connectivity index (χ4v) is 1.02. The van der Waals surface area contributed by atoms with Gasteiger partial charge in [0.25, 0.3) is 0 Å². The van der Waals surface area contributed by atoms with Crippen molar-refractivity contribution in [1.82, 2.24) is 4.98 Å². The van der Waals surface area contributed by atoms with Crippen LogP contribution in [0.3, 0.4) is 0 Å². The van der Waals surface area contributed by atoms with Crippen LogP contribution in [0.25, 0.3) is 11.5 Å². The Morgan fingerprint density at radius 2 is 2.00 bits per heavy atom. The fraction of sp³-hybridized carbons (Fsp3) is 0. The van der Waals surface area contributed by atoms with Crippen molar-refractivity contribution in [2.24, 2.45) is 0 Å². The first-order valence-electron chi connectivity index (χ1n) is 3.69. The summed E-state index contributed by atoms with van der Waals surface area (Å²) in [7, 11) is 0. The molecule has 2 rings (SSSR count). The van der Waals surface area contributed by atoms with Crippen molar-refractivity contribution in [2.45, 2.75) is 0 Å². The molecule has 0 aliphatic heterocycles. The van der Waals surface area contributed by atoms with Crippen molar-refractivity contribution in [1.29, 1.82) is 0 Å². The van der Waals surface area contributed by atoms with Crippen molar-refractivity contribution >= 4 is 0 Å². The molecule has 0 unspecified atom stereocenters. The zero-order valence-electron chi connectivity index (χ0n) is 6.64. The van der Waals surface area contributed by atoms with E-state index in [4.69, 9.17) is 9.52 Å². The zero-order chi connectivity index (χ0) is 9.26. The highest BCUT2D eigenvalue weighted by atomic mass is 16.3. The van der Waals surface area contributed by atoms with Gasteiger partial charge < -0.3 is 14.6 Å². The second kappa shape index (κ2) is 2.82. The van der Waals surface area contributed by atoms with E-state index in [1.54, 1.807) is 6.07 Å². The molecular weight excluding hydrogens is 170 g/mol. The molecule has 0 saturated heterocycles. The highest BCUT2D eigenvalue weighted by molar-refractivity contribution is 5.58. The topological polar surface area (TPSA) is 66.5 Å². The van der Waals surface area contributed by atoms with Crippen LogP contribution in [0.1, 0.15) is 0 Å². The molecule has 0 atom stereocenters. The van der Waals surface area contributed by atoms with Crippen LogP contribution >= 0.6 is 0 Å². The Labute approximate surface area is 74.1 Å². The molecule has 0 radical (unpaired) electrons. The van der Waals surface area contributed by atoms with Crippen LogP contribution in [0.5, 0.6) is 11.5 Å². The summed E-state index contributed by atoms with van der Waals surface area (Å²) < 4.78 is 5.01. The lowest BCUT2D eigenvalue weighted by molar-refractivity contribution is 0.403. The van der Waals surface area contributed by atoms with Gasteiger partial charge in [0.15, 0.2) is 11.5 Å². The second-order valence-electron chi connectivity index (χ2n) is 2.54. The van der Waals surface area contributed by atoms with Gasteiger partial charge in [-0.2, -0.15) is 0 Å². The van der Waals surface area contributed by atoms with E-state index in [1.807, 2.05) is 0 Å². The zero-order valence-corrected chi connectivity index (χ0v) is 6.64. The van der Waals surface area contributed by atoms with Gasteiger partial charge in [-0.15, -0.1) is 0 Å². The maximum Gasteiger partial charge on any atom is 0.225 e. The molecule has 0 fully saturated rings. The number of phenolic OH excluding ortho intramolecular Hbond substituents is 2. The lowest BCUT2D eigenvalue weighted by atomic mass is 10.2. The molecule has 0 aliphatic carbocycles. The first-order chi connectivity index (χ1) is 6.27. The van der Waals surface area contributed by atoms with Gasteiger partial charge >= 0.3 is 0 Å². The number of hydrogen-bond acceptors (Lipinski definition) is 4. The third-order valence-electron chi connectivity index (χ3n) is 1.65. The van der Waals surface area contributed by atoms with Gasteiger partial charge in [0.1, 0.15) is 6.26 Å². The van der Waals surface area contributed by atoms with E-state index >= 15 is 0 Å². The monoisotopic (exact) mass is 177 g/mol. The molecule has 4 heteroatoms. The molecule has 2 N–H and O–H groups in total. The van der Waals surface area contributed by atoms with Gasteiger partial charge in [-0.25, -0.2) is 4.98 Å². The van der Waals surface area contributed by atoms with Crippen molar-refractivity contribution < 1.29 is 14.6 Å². The highest BCUT2D eigenvalue weighted by Crippen LogP contribution is 2.29. The Balaban J connectivity index is 2.49. The first-order valence-corrected chi connectivity index (χ1v) is 3.69. The molecule has 1 heterocycles. The third-order valence-corrected chi connectivity index (χ3v) is 1.65. The van der Waals surface area contributed by atoms with Crippen LogP contribution in [0.15, 0.2) is 35.1 Å². The molecule has 4 nitrogen and oxygen atoms in total. The number of rotatable bonds is 1. The standard InChI is InChI=1S/C9H7NO3/c11-7-2-1-6(5-8(7)12)9-10-3-4-13-9/h1-5,11-12H. The molecule has 2 aromatic rings. The number of nitrogens with zero attached hydrogens (tertiary/aromatic N) is 1. The largest absolute Gasteiger partial charge is 0.504 e. The van der Waals surface area contributed by atoms with E-state index in [0.29, 0.717) is 11.5 Å². The Bertz CT molecular complexity index is 409. The van der Waals surface area contributed by atoms with Gasteiger partial charge in [-0.3, -0.25) is 0 Å². The van der Waals surface area contributed by atoms with E-state index in [0.717, 1.165) is 0 Å². The lowest BCUT2D eigenvalue weighted by Crippen LogP contribution is -1.76. The van der Waals surface area contributed by atoms with Crippen LogP contribution in [0.2, 0.25) is 0 Å². The fourth-order valence-electron chi connectivity index (χ4n) is 1.02. The molecule has 0 spiro atoms. The Morgan fingerprint density at radius 1 is 1.15 bits per heavy atom. The van der Waals surface area contributed by atoms with Crippen LogP contribution in [-0.4, -0.2) is 15.2 Å². The van der Waals surface area contributed by atoms with Crippen LogP contribution in [-0.2, 0) is 0 Å². The van der Waals surface area contributed by atoms with Gasteiger partial charge in [-0.1, -0.05) is 0 Å². The molecule has 1 aromatic carbocycles. The molecule has 66 valence electrons. The first kappa shape index (κ1) is 7.67. The molecule has 0 aliphatic rings. The van der Waals surface area contributed by atoms with Crippen molar-refractivity contribution in [3.8, 4) is 23.0 Å². The summed E-state index contributed by atoms with van der Waals surface area (Å²) >= 11 is 0. The average Bonchev–Trinajstić information content (AvgIpc) is 2.62. The smallest absolute Gasteiger partial charge is 0.225 e. The average molecular weight is 177 g/mol.